The van der Waals surface area contributed by atoms with E-state index in [0.29, 0.717) is 5.56 Å². The molecule has 9 nitrogen and oxygen atoms in total. The minimum atomic E-state index is -1.94. The highest BCUT2D eigenvalue weighted by molar-refractivity contribution is 7.13. The lowest BCUT2D eigenvalue weighted by atomic mass is 9.85. The number of hydrogen-bond acceptors (Lipinski definition) is 7. The number of aliphatic hydroxyl groups excluding tert-OH is 1. The Bertz CT molecular complexity index is 1210. The van der Waals surface area contributed by atoms with Crippen LogP contribution in [-0.4, -0.2) is 68.2 Å². The number of aryl methyl sites for hydroxylation is 1. The van der Waals surface area contributed by atoms with Gasteiger partial charge in [-0.25, -0.2) is 9.37 Å². The molecular weight excluding hydrogens is 499 g/mol. The second kappa shape index (κ2) is 10.0. The number of nitrogens with zero attached hydrogens (tertiary/aromatic N) is 2. The number of carbonyl (C=O) groups is 3. The highest BCUT2D eigenvalue weighted by Crippen LogP contribution is 2.40. The van der Waals surface area contributed by atoms with Crippen LogP contribution in [-0.2, 0) is 20.9 Å². The number of thiazole rings is 1. The van der Waals surface area contributed by atoms with E-state index < -0.39 is 47.0 Å². The molecule has 1 aromatic carbocycles. The van der Waals surface area contributed by atoms with Crippen molar-refractivity contribution >= 4 is 29.1 Å². The summed E-state index contributed by atoms with van der Waals surface area (Å²) >= 11 is 1.47. The smallest absolute Gasteiger partial charge is 0.258 e. The van der Waals surface area contributed by atoms with Gasteiger partial charge in [0.2, 0.25) is 11.8 Å². The summed E-state index contributed by atoms with van der Waals surface area (Å²) in [5.41, 5.74) is 1.21. The van der Waals surface area contributed by atoms with Crippen molar-refractivity contribution in [2.24, 2.45) is 5.41 Å². The molecule has 0 radical (unpaired) electrons. The molecule has 1 saturated carbocycles. The fourth-order valence-electron chi connectivity index (χ4n) is 4.45. The fourth-order valence-corrected chi connectivity index (χ4v) is 5.25. The number of amides is 3. The SMILES string of the molecule is Cc1ncsc1-c1ccc(CNC(=O)C2C[C@@H](O)CN2C(=O)[C@@H](NC(=O)C2(F)CC2)C(C)(C)C)c(O)c1. The second-order valence-corrected chi connectivity index (χ2v) is 11.8. The van der Waals surface area contributed by atoms with Crippen LogP contribution in [0.25, 0.3) is 10.4 Å². The Morgan fingerprint density at radius 1 is 1.30 bits per heavy atom. The van der Waals surface area contributed by atoms with Crippen molar-refractivity contribution < 1.29 is 29.0 Å². The molecule has 0 bridgehead atoms. The molecule has 4 rings (SSSR count). The van der Waals surface area contributed by atoms with Crippen LogP contribution in [0.4, 0.5) is 4.39 Å². The number of phenols is 1. The number of carbonyl (C=O) groups excluding carboxylic acids is 3. The van der Waals surface area contributed by atoms with E-state index in [-0.39, 0.29) is 38.1 Å². The van der Waals surface area contributed by atoms with Gasteiger partial charge in [-0.1, -0.05) is 32.9 Å². The monoisotopic (exact) mass is 532 g/mol. The van der Waals surface area contributed by atoms with Crippen LogP contribution in [0.3, 0.4) is 0 Å². The maximum atomic E-state index is 14.3. The highest BCUT2D eigenvalue weighted by Gasteiger charge is 2.53. The van der Waals surface area contributed by atoms with Crippen molar-refractivity contribution in [1.82, 2.24) is 20.5 Å². The molecule has 200 valence electrons. The van der Waals surface area contributed by atoms with Gasteiger partial charge >= 0.3 is 0 Å². The van der Waals surface area contributed by atoms with Crippen LogP contribution in [0, 0.1) is 12.3 Å². The van der Waals surface area contributed by atoms with Crippen molar-refractivity contribution in [3.8, 4) is 16.2 Å². The van der Waals surface area contributed by atoms with Crippen LogP contribution in [0.1, 0.15) is 51.3 Å². The van der Waals surface area contributed by atoms with Crippen LogP contribution in [0.2, 0.25) is 0 Å². The lowest BCUT2D eigenvalue weighted by Gasteiger charge is -2.35. The van der Waals surface area contributed by atoms with Gasteiger partial charge in [-0.3, -0.25) is 14.4 Å². The topological polar surface area (TPSA) is 132 Å². The average molecular weight is 533 g/mol. The first-order chi connectivity index (χ1) is 17.3. The van der Waals surface area contributed by atoms with E-state index in [1.165, 1.54) is 16.2 Å². The first-order valence-corrected chi connectivity index (χ1v) is 13.2. The summed E-state index contributed by atoms with van der Waals surface area (Å²) in [7, 11) is 0. The van der Waals surface area contributed by atoms with Crippen molar-refractivity contribution in [2.75, 3.05) is 6.54 Å². The second-order valence-electron chi connectivity index (χ2n) is 11.0. The number of aromatic hydroxyl groups is 1. The number of aromatic nitrogens is 1. The van der Waals surface area contributed by atoms with E-state index in [9.17, 15) is 29.0 Å². The van der Waals surface area contributed by atoms with E-state index >= 15 is 0 Å². The number of hydrogen-bond donors (Lipinski definition) is 4. The predicted octanol–water partition coefficient (Wildman–Crippen LogP) is 2.44. The van der Waals surface area contributed by atoms with Crippen LogP contribution in [0.15, 0.2) is 23.7 Å². The molecule has 1 unspecified atom stereocenters. The van der Waals surface area contributed by atoms with Gasteiger partial charge in [-0.05, 0) is 36.8 Å². The molecule has 1 aliphatic carbocycles. The summed E-state index contributed by atoms with van der Waals surface area (Å²) in [5.74, 6) is -1.85. The van der Waals surface area contributed by atoms with E-state index in [0.717, 1.165) is 16.1 Å². The number of nitrogens with one attached hydrogen (secondary N) is 2. The van der Waals surface area contributed by atoms with Crippen molar-refractivity contribution in [1.29, 1.82) is 0 Å². The maximum Gasteiger partial charge on any atom is 0.258 e. The van der Waals surface area contributed by atoms with Gasteiger partial charge in [0.05, 0.1) is 22.2 Å². The predicted molar refractivity (Wildman–Crippen MR) is 136 cm³/mol. The number of likely N-dealkylation sites (tertiary alicyclic amines) is 1. The first-order valence-electron chi connectivity index (χ1n) is 12.3. The van der Waals surface area contributed by atoms with Gasteiger partial charge in [0.1, 0.15) is 17.8 Å². The first kappa shape index (κ1) is 27.0. The zero-order valence-electron chi connectivity index (χ0n) is 21.4. The summed E-state index contributed by atoms with van der Waals surface area (Å²) in [4.78, 5) is 45.4. The molecule has 3 amide bonds. The van der Waals surface area contributed by atoms with Gasteiger partial charge in [0.25, 0.3) is 5.91 Å². The van der Waals surface area contributed by atoms with Crippen molar-refractivity contribution in [3.63, 3.8) is 0 Å². The highest BCUT2D eigenvalue weighted by atomic mass is 32.1. The van der Waals surface area contributed by atoms with Gasteiger partial charge in [0, 0.05) is 25.1 Å². The van der Waals surface area contributed by atoms with E-state index in [1.807, 2.05) is 13.0 Å². The standard InChI is InChI=1S/C26H33FN4O5S/c1-14-20(37-13-29-14)15-5-6-16(19(33)9-15)11-28-22(34)18-10-17(32)12-31(18)23(35)21(25(2,3)4)30-24(36)26(27)7-8-26/h5-6,9,13,17-18,21,32-33H,7-8,10-12H2,1-4H3,(H,28,34)(H,30,36)/t17-,18?,21-/m1/s1. The molecule has 1 aromatic heterocycles. The fraction of sp³-hybridized carbons (Fsp3) is 0.538. The van der Waals surface area contributed by atoms with Gasteiger partial charge in [-0.15, -0.1) is 11.3 Å². The number of rotatable bonds is 7. The lowest BCUT2D eigenvalue weighted by Crippen LogP contribution is -2.59. The van der Waals surface area contributed by atoms with Crippen molar-refractivity contribution in [2.45, 2.75) is 77.4 Å². The molecular formula is C26H33FN4O5S. The number of β-amino-alcohol motifs (C(OH)–C–C–N with tert-alkyl or cyclic N) is 1. The Labute approximate surface area is 219 Å². The Morgan fingerprint density at radius 3 is 2.57 bits per heavy atom. The van der Waals surface area contributed by atoms with E-state index in [4.69, 9.17) is 0 Å². The Kier molecular flexibility index (Phi) is 7.31. The molecule has 3 atom stereocenters. The zero-order valence-corrected chi connectivity index (χ0v) is 22.2. The molecule has 1 saturated heterocycles. The zero-order chi connectivity index (χ0) is 27.1. The quantitative estimate of drug-likeness (QED) is 0.433. The number of phenolic OH excluding ortho intramolecular Hbond substituents is 1. The Balaban J connectivity index is 1.45. The summed E-state index contributed by atoms with van der Waals surface area (Å²) < 4.78 is 14.3. The van der Waals surface area contributed by atoms with Gasteiger partial charge in [-0.2, -0.15) is 0 Å². The minimum Gasteiger partial charge on any atom is -0.508 e. The van der Waals surface area contributed by atoms with Crippen molar-refractivity contribution in [3.05, 3.63) is 35.0 Å². The molecule has 11 heteroatoms. The van der Waals surface area contributed by atoms with Gasteiger partial charge < -0.3 is 25.7 Å². The molecule has 1 aliphatic heterocycles. The largest absolute Gasteiger partial charge is 0.508 e. The van der Waals surface area contributed by atoms with Gasteiger partial charge in [0.15, 0.2) is 5.67 Å². The number of halogens is 1. The average Bonchev–Trinajstić information content (AvgIpc) is 3.23. The maximum absolute atomic E-state index is 14.3. The normalized spacial score (nSPS) is 21.4. The Morgan fingerprint density at radius 2 is 2.00 bits per heavy atom. The molecule has 2 fully saturated rings. The van der Waals surface area contributed by atoms with E-state index in [2.05, 4.69) is 15.6 Å². The number of benzene rings is 1. The Hall–Kier alpha value is -3.05. The van der Waals surface area contributed by atoms with Crippen LogP contribution >= 0.6 is 11.3 Å². The molecule has 4 N–H and O–H groups in total. The molecule has 2 aliphatic rings. The number of alkyl halides is 1. The summed E-state index contributed by atoms with van der Waals surface area (Å²) in [6, 6.07) is 3.13. The molecule has 37 heavy (non-hydrogen) atoms. The van der Waals surface area contributed by atoms with Crippen LogP contribution in [0.5, 0.6) is 5.75 Å². The third-order valence-electron chi connectivity index (χ3n) is 6.90. The summed E-state index contributed by atoms with van der Waals surface area (Å²) in [5, 5.41) is 26.1. The third-order valence-corrected chi connectivity index (χ3v) is 7.87. The summed E-state index contributed by atoms with van der Waals surface area (Å²) in [6.07, 6.45) is -0.642. The van der Waals surface area contributed by atoms with E-state index in [1.54, 1.807) is 38.4 Å². The molecule has 2 aromatic rings. The number of aliphatic hydroxyl groups is 1. The molecule has 0 spiro atoms. The summed E-state index contributed by atoms with van der Waals surface area (Å²) in [6.45, 7) is 7.07. The molecule has 2 heterocycles. The van der Waals surface area contributed by atoms with Crippen LogP contribution < -0.4 is 10.6 Å². The minimum absolute atomic E-state index is 0.0146. The lowest BCUT2D eigenvalue weighted by molar-refractivity contribution is -0.145. The third kappa shape index (κ3) is 5.77.